The van der Waals surface area contributed by atoms with Crippen molar-refractivity contribution >= 4 is 34.8 Å². The third kappa shape index (κ3) is 5.39. The third-order valence-corrected chi connectivity index (χ3v) is 3.43. The Morgan fingerprint density at radius 1 is 1.00 bits per heavy atom. The molecule has 0 fully saturated rings. The average Bonchev–Trinajstić information content (AvgIpc) is 2.52. The highest BCUT2D eigenvalue weighted by atomic mass is 35.5. The highest BCUT2D eigenvalue weighted by Gasteiger charge is 2.09. The zero-order valence-corrected chi connectivity index (χ0v) is 13.3. The molecule has 5 nitrogen and oxygen atoms in total. The van der Waals surface area contributed by atoms with Crippen LogP contribution < -0.4 is 16.4 Å². The first kappa shape index (κ1) is 17.0. The van der Waals surface area contributed by atoms with Crippen molar-refractivity contribution in [1.29, 1.82) is 0 Å². The summed E-state index contributed by atoms with van der Waals surface area (Å²) in [5.41, 5.74) is 7.28. The molecule has 0 heterocycles. The molecule has 2 rings (SSSR count). The number of hydrogen-bond acceptors (Lipinski definition) is 3. The molecule has 6 heteroatoms. The van der Waals surface area contributed by atoms with Gasteiger partial charge in [-0.05, 0) is 23.8 Å². The normalized spacial score (nSPS) is 10.2. The van der Waals surface area contributed by atoms with Gasteiger partial charge in [-0.2, -0.15) is 0 Å². The SMILES string of the molecule is NCCC(=O)Nc1cc(NC(=O)Cc2ccccc2)ccc1Cl. The Bertz CT molecular complexity index is 689. The number of nitrogens with two attached hydrogens (primary N) is 1. The van der Waals surface area contributed by atoms with Crippen molar-refractivity contribution in [2.45, 2.75) is 12.8 Å². The van der Waals surface area contributed by atoms with Gasteiger partial charge in [0.25, 0.3) is 0 Å². The van der Waals surface area contributed by atoms with Gasteiger partial charge in [0.1, 0.15) is 0 Å². The Balaban J connectivity index is 2.02. The number of carbonyl (C=O) groups is 2. The fourth-order valence-electron chi connectivity index (χ4n) is 2.03. The van der Waals surface area contributed by atoms with Crippen LogP contribution in [0.25, 0.3) is 0 Å². The first-order chi connectivity index (χ1) is 11.1. The molecule has 0 aliphatic rings. The van der Waals surface area contributed by atoms with Crippen LogP contribution in [0, 0.1) is 0 Å². The highest BCUT2D eigenvalue weighted by Crippen LogP contribution is 2.25. The number of benzene rings is 2. The lowest BCUT2D eigenvalue weighted by Crippen LogP contribution is -2.17. The lowest BCUT2D eigenvalue weighted by atomic mass is 10.1. The van der Waals surface area contributed by atoms with Crippen molar-refractivity contribution in [2.75, 3.05) is 17.2 Å². The molecule has 0 aliphatic carbocycles. The molecule has 120 valence electrons. The van der Waals surface area contributed by atoms with Gasteiger partial charge in [0, 0.05) is 18.7 Å². The molecule has 0 atom stereocenters. The van der Waals surface area contributed by atoms with E-state index in [9.17, 15) is 9.59 Å². The first-order valence-electron chi connectivity index (χ1n) is 7.21. The van der Waals surface area contributed by atoms with Crippen molar-refractivity contribution in [2.24, 2.45) is 5.73 Å². The number of anilines is 2. The molecule has 2 aromatic carbocycles. The Kier molecular flexibility index (Phi) is 6.14. The maximum atomic E-state index is 12.1. The summed E-state index contributed by atoms with van der Waals surface area (Å²) in [7, 11) is 0. The van der Waals surface area contributed by atoms with E-state index in [1.165, 1.54) is 0 Å². The van der Waals surface area contributed by atoms with Crippen LogP contribution in [0.2, 0.25) is 5.02 Å². The predicted molar refractivity (Wildman–Crippen MR) is 92.5 cm³/mol. The number of halogens is 1. The third-order valence-electron chi connectivity index (χ3n) is 3.10. The van der Waals surface area contributed by atoms with Gasteiger partial charge in [0.15, 0.2) is 0 Å². The largest absolute Gasteiger partial charge is 0.330 e. The molecule has 23 heavy (non-hydrogen) atoms. The summed E-state index contributed by atoms with van der Waals surface area (Å²) in [6, 6.07) is 14.4. The van der Waals surface area contributed by atoms with Gasteiger partial charge >= 0.3 is 0 Å². The van der Waals surface area contributed by atoms with Crippen LogP contribution in [-0.2, 0) is 16.0 Å². The van der Waals surface area contributed by atoms with Gasteiger partial charge in [-0.25, -0.2) is 0 Å². The molecule has 0 radical (unpaired) electrons. The molecular formula is C17H18ClN3O2. The zero-order chi connectivity index (χ0) is 16.7. The lowest BCUT2D eigenvalue weighted by Gasteiger charge is -2.10. The van der Waals surface area contributed by atoms with Gasteiger partial charge in [-0.15, -0.1) is 0 Å². The van der Waals surface area contributed by atoms with E-state index in [1.54, 1.807) is 18.2 Å². The van der Waals surface area contributed by atoms with E-state index < -0.39 is 0 Å². The number of carbonyl (C=O) groups excluding carboxylic acids is 2. The monoisotopic (exact) mass is 331 g/mol. The van der Waals surface area contributed by atoms with E-state index in [0.29, 0.717) is 16.4 Å². The molecule has 0 bridgehead atoms. The Hall–Kier alpha value is -2.37. The standard InChI is InChI=1S/C17H18ClN3O2/c18-14-7-6-13(11-15(14)21-16(22)8-9-19)20-17(23)10-12-4-2-1-3-5-12/h1-7,11H,8-10,19H2,(H,20,23)(H,21,22). The molecule has 0 saturated carbocycles. The minimum absolute atomic E-state index is 0.141. The first-order valence-corrected chi connectivity index (χ1v) is 7.59. The topological polar surface area (TPSA) is 84.2 Å². The van der Waals surface area contributed by atoms with Crippen LogP contribution in [0.15, 0.2) is 48.5 Å². The van der Waals surface area contributed by atoms with Gasteiger partial charge < -0.3 is 16.4 Å². The minimum Gasteiger partial charge on any atom is -0.330 e. The van der Waals surface area contributed by atoms with Gasteiger partial charge in [-0.1, -0.05) is 41.9 Å². The van der Waals surface area contributed by atoms with Crippen molar-refractivity contribution < 1.29 is 9.59 Å². The minimum atomic E-state index is -0.220. The maximum Gasteiger partial charge on any atom is 0.228 e. The van der Waals surface area contributed by atoms with E-state index in [-0.39, 0.29) is 31.2 Å². The van der Waals surface area contributed by atoms with E-state index in [4.69, 9.17) is 17.3 Å². The smallest absolute Gasteiger partial charge is 0.228 e. The van der Waals surface area contributed by atoms with Crippen molar-refractivity contribution in [3.8, 4) is 0 Å². The molecule has 0 spiro atoms. The quantitative estimate of drug-likeness (QED) is 0.761. The second kappa shape index (κ2) is 8.31. The summed E-state index contributed by atoms with van der Waals surface area (Å²) in [4.78, 5) is 23.7. The molecule has 0 aromatic heterocycles. The molecular weight excluding hydrogens is 314 g/mol. The van der Waals surface area contributed by atoms with Crippen LogP contribution in [0.3, 0.4) is 0 Å². The molecule has 2 amide bonds. The zero-order valence-electron chi connectivity index (χ0n) is 12.5. The Labute approximate surface area is 139 Å². The van der Waals surface area contributed by atoms with Gasteiger partial charge in [0.05, 0.1) is 17.1 Å². The van der Waals surface area contributed by atoms with E-state index in [1.807, 2.05) is 30.3 Å². The van der Waals surface area contributed by atoms with Crippen LogP contribution in [0.1, 0.15) is 12.0 Å². The summed E-state index contributed by atoms with van der Waals surface area (Å²) in [6.07, 6.45) is 0.485. The van der Waals surface area contributed by atoms with E-state index in [2.05, 4.69) is 10.6 Å². The summed E-state index contributed by atoms with van der Waals surface area (Å²) in [6.45, 7) is 0.261. The lowest BCUT2D eigenvalue weighted by molar-refractivity contribution is -0.116. The van der Waals surface area contributed by atoms with Crippen LogP contribution in [-0.4, -0.2) is 18.4 Å². The summed E-state index contributed by atoms with van der Waals surface area (Å²) in [5.74, 6) is -0.361. The number of nitrogens with one attached hydrogen (secondary N) is 2. The van der Waals surface area contributed by atoms with Crippen LogP contribution in [0.5, 0.6) is 0 Å². The van der Waals surface area contributed by atoms with Crippen LogP contribution >= 0.6 is 11.6 Å². The van der Waals surface area contributed by atoms with Crippen LogP contribution in [0.4, 0.5) is 11.4 Å². The van der Waals surface area contributed by atoms with Crippen molar-refractivity contribution in [3.05, 3.63) is 59.1 Å². The summed E-state index contributed by atoms with van der Waals surface area (Å²) < 4.78 is 0. The fourth-order valence-corrected chi connectivity index (χ4v) is 2.19. The fraction of sp³-hybridized carbons (Fsp3) is 0.176. The van der Waals surface area contributed by atoms with Crippen molar-refractivity contribution in [3.63, 3.8) is 0 Å². The van der Waals surface area contributed by atoms with Gasteiger partial charge in [-0.3, -0.25) is 9.59 Å². The molecule has 0 saturated heterocycles. The van der Waals surface area contributed by atoms with E-state index >= 15 is 0 Å². The molecule has 0 aliphatic heterocycles. The van der Waals surface area contributed by atoms with E-state index in [0.717, 1.165) is 5.56 Å². The number of amides is 2. The second-order valence-electron chi connectivity index (χ2n) is 4.99. The number of rotatable bonds is 6. The maximum absolute atomic E-state index is 12.1. The molecule has 0 unspecified atom stereocenters. The highest BCUT2D eigenvalue weighted by molar-refractivity contribution is 6.33. The molecule has 2 aromatic rings. The summed E-state index contributed by atoms with van der Waals surface area (Å²) >= 11 is 6.05. The molecule has 4 N–H and O–H groups in total. The number of hydrogen-bond donors (Lipinski definition) is 3. The average molecular weight is 332 g/mol. The Morgan fingerprint density at radius 2 is 1.74 bits per heavy atom. The van der Waals surface area contributed by atoms with Gasteiger partial charge in [0.2, 0.25) is 11.8 Å². The Morgan fingerprint density at radius 3 is 2.43 bits per heavy atom. The summed E-state index contributed by atoms with van der Waals surface area (Å²) in [5, 5.41) is 5.86. The predicted octanol–water partition coefficient (Wildman–Crippen LogP) is 2.81. The van der Waals surface area contributed by atoms with Crippen molar-refractivity contribution in [1.82, 2.24) is 0 Å². The second-order valence-corrected chi connectivity index (χ2v) is 5.40.